The van der Waals surface area contributed by atoms with Crippen LogP contribution in [0.15, 0.2) is 85.1 Å². The van der Waals surface area contributed by atoms with Crippen LogP contribution in [0.2, 0.25) is 0 Å². The number of allylic oxidation sites excluding steroid dienone is 14. The van der Waals surface area contributed by atoms with E-state index in [1.165, 1.54) is 109 Å². The zero-order valence-electron chi connectivity index (χ0n) is 42.7. The quantitative estimate of drug-likeness (QED) is 0.0214. The lowest BCUT2D eigenvalue weighted by atomic mass is 10.1. The maximum absolute atomic E-state index is 12.8. The van der Waals surface area contributed by atoms with Gasteiger partial charge in [-0.25, -0.2) is 4.57 Å². The smallest absolute Gasteiger partial charge is 0.457 e. The van der Waals surface area contributed by atoms with Crippen molar-refractivity contribution in [1.29, 1.82) is 0 Å². The molecule has 0 rings (SSSR count). The summed E-state index contributed by atoms with van der Waals surface area (Å²) in [6.07, 6.45) is 64.8. The highest BCUT2D eigenvalue weighted by Gasteiger charge is 2.26. The van der Waals surface area contributed by atoms with E-state index in [9.17, 15) is 14.3 Å². The SMILES string of the molecule is CC/C=C\C/C=C\C/C=C\C/C=C\C/C=C\CCCCCCCCCCOCC(COP(=O)(O)OCC[N+](C)(C)C)OC(=O)CCCCCCCCCCC/C=C\C/C=C\CCCCC. The van der Waals surface area contributed by atoms with Crippen molar-refractivity contribution in [3.63, 3.8) is 0 Å². The number of carbonyl (C=O) groups is 1. The average Bonchev–Trinajstić information content (AvgIpc) is 3.27. The molecule has 376 valence electrons. The van der Waals surface area contributed by atoms with Gasteiger partial charge in [-0.3, -0.25) is 13.8 Å². The van der Waals surface area contributed by atoms with Gasteiger partial charge in [0.1, 0.15) is 19.3 Å². The summed E-state index contributed by atoms with van der Waals surface area (Å²) in [7, 11) is 1.65. The minimum absolute atomic E-state index is 0.0819. The van der Waals surface area contributed by atoms with Gasteiger partial charge in [0.05, 0.1) is 34.4 Å². The first-order valence-electron chi connectivity index (χ1n) is 26.3. The topological polar surface area (TPSA) is 91.3 Å². The Morgan fingerprint density at radius 2 is 0.892 bits per heavy atom. The van der Waals surface area contributed by atoms with Crippen LogP contribution in [-0.4, -0.2) is 75.6 Å². The van der Waals surface area contributed by atoms with Gasteiger partial charge in [-0.05, 0) is 89.9 Å². The van der Waals surface area contributed by atoms with Gasteiger partial charge in [-0.15, -0.1) is 0 Å². The number of rotatable bonds is 48. The predicted molar refractivity (Wildman–Crippen MR) is 279 cm³/mol. The van der Waals surface area contributed by atoms with Crippen LogP contribution in [0.4, 0.5) is 0 Å². The molecule has 8 nitrogen and oxygen atoms in total. The highest BCUT2D eigenvalue weighted by molar-refractivity contribution is 7.47. The molecule has 0 radical (unpaired) electrons. The van der Waals surface area contributed by atoms with E-state index >= 15 is 0 Å². The largest absolute Gasteiger partial charge is 0.472 e. The van der Waals surface area contributed by atoms with Crippen molar-refractivity contribution in [3.05, 3.63) is 85.1 Å². The van der Waals surface area contributed by atoms with Crippen LogP contribution < -0.4 is 0 Å². The third kappa shape index (κ3) is 52.5. The number of likely N-dealkylation sites (N-methyl/N-ethyl adjacent to an activating group) is 1. The van der Waals surface area contributed by atoms with E-state index in [0.29, 0.717) is 24.1 Å². The Balaban J connectivity index is 4.17. The molecule has 0 amide bonds. The Bertz CT molecular complexity index is 1310. The number of esters is 1. The fraction of sp³-hybridized carbons (Fsp3) is 0.732. The first-order valence-corrected chi connectivity index (χ1v) is 27.8. The van der Waals surface area contributed by atoms with Crippen molar-refractivity contribution in [3.8, 4) is 0 Å². The number of ether oxygens (including phenoxy) is 2. The molecular formula is C56H101NO7P+. The Hall–Kier alpha value is -2.32. The summed E-state index contributed by atoms with van der Waals surface area (Å²) in [4.78, 5) is 23.0. The highest BCUT2D eigenvalue weighted by atomic mass is 31.2. The molecular weight excluding hydrogens is 830 g/mol. The predicted octanol–water partition coefficient (Wildman–Crippen LogP) is 16.4. The Kier molecular flexibility index (Phi) is 46.4. The minimum Gasteiger partial charge on any atom is -0.457 e. The standard InChI is InChI=1S/C56H100NO7P/c1-6-8-10-12-14-16-18-20-22-24-26-27-28-29-30-32-34-36-38-40-42-44-46-48-51-61-53-55(54-63-65(59,60)62-52-50-57(3,4)5)64-56(58)49-47-45-43-41-39-37-35-33-31-25-23-21-19-17-15-13-11-9-7-2/h8,10,14-17,20-23,26-27,29-30,55H,6-7,9,11-13,18-19,24-25,28,31-54H2,1-5H3/p+1/b10-8-,16-14-,17-15-,22-20-,23-21-,27-26-,30-29-. The second-order valence-corrected chi connectivity index (χ2v) is 20.0. The number of nitrogens with zero attached hydrogens (tertiary/aromatic N) is 1. The Labute approximate surface area is 401 Å². The van der Waals surface area contributed by atoms with E-state index in [0.717, 1.165) is 77.0 Å². The molecule has 0 aliphatic heterocycles. The van der Waals surface area contributed by atoms with Crippen LogP contribution in [0.5, 0.6) is 0 Å². The normalized spacial score (nSPS) is 14.2. The number of unbranched alkanes of at least 4 members (excludes halogenated alkanes) is 20. The number of carbonyl (C=O) groups excluding carboxylic acids is 1. The fourth-order valence-electron chi connectivity index (χ4n) is 6.90. The molecule has 0 bridgehead atoms. The lowest BCUT2D eigenvalue weighted by molar-refractivity contribution is -0.870. The van der Waals surface area contributed by atoms with Crippen LogP contribution in [0.3, 0.4) is 0 Å². The summed E-state index contributed by atoms with van der Waals surface area (Å²) < 4.78 is 35.2. The van der Waals surface area contributed by atoms with Gasteiger partial charge < -0.3 is 18.9 Å². The van der Waals surface area contributed by atoms with Gasteiger partial charge in [0, 0.05) is 13.0 Å². The van der Waals surface area contributed by atoms with Crippen molar-refractivity contribution in [2.75, 3.05) is 54.1 Å². The molecule has 1 N–H and O–H groups in total. The molecule has 0 aromatic heterocycles. The zero-order chi connectivity index (χ0) is 47.6. The number of phosphoric ester groups is 1. The van der Waals surface area contributed by atoms with E-state index in [2.05, 4.69) is 98.9 Å². The second-order valence-electron chi connectivity index (χ2n) is 18.5. The van der Waals surface area contributed by atoms with Crippen molar-refractivity contribution >= 4 is 13.8 Å². The lowest BCUT2D eigenvalue weighted by Crippen LogP contribution is -2.37. The summed E-state index contributed by atoms with van der Waals surface area (Å²) >= 11 is 0. The van der Waals surface area contributed by atoms with Gasteiger partial charge in [-0.2, -0.15) is 0 Å². The van der Waals surface area contributed by atoms with Crippen LogP contribution in [0.1, 0.15) is 206 Å². The molecule has 0 aliphatic carbocycles. The van der Waals surface area contributed by atoms with E-state index in [-0.39, 0.29) is 25.8 Å². The first-order chi connectivity index (χ1) is 31.6. The summed E-state index contributed by atoms with van der Waals surface area (Å²) in [6, 6.07) is 0. The summed E-state index contributed by atoms with van der Waals surface area (Å²) in [5.41, 5.74) is 0. The molecule has 65 heavy (non-hydrogen) atoms. The van der Waals surface area contributed by atoms with Gasteiger partial charge >= 0.3 is 13.8 Å². The van der Waals surface area contributed by atoms with Crippen molar-refractivity contribution < 1.29 is 37.3 Å². The number of hydrogen-bond acceptors (Lipinski definition) is 6. The van der Waals surface area contributed by atoms with Crippen LogP contribution >= 0.6 is 7.82 Å². The molecule has 0 saturated carbocycles. The zero-order valence-corrected chi connectivity index (χ0v) is 43.6. The van der Waals surface area contributed by atoms with E-state index in [4.69, 9.17) is 18.5 Å². The van der Waals surface area contributed by atoms with Gasteiger partial charge in [-0.1, -0.05) is 195 Å². The Morgan fingerprint density at radius 3 is 1.34 bits per heavy atom. The summed E-state index contributed by atoms with van der Waals surface area (Å²) in [5, 5.41) is 0. The average molecular weight is 931 g/mol. The number of hydrogen-bond donors (Lipinski definition) is 1. The summed E-state index contributed by atoms with van der Waals surface area (Å²) in [5.74, 6) is -0.323. The van der Waals surface area contributed by atoms with Gasteiger partial charge in [0.15, 0.2) is 0 Å². The molecule has 0 spiro atoms. The molecule has 0 heterocycles. The highest BCUT2D eigenvalue weighted by Crippen LogP contribution is 2.43. The van der Waals surface area contributed by atoms with E-state index < -0.39 is 13.9 Å². The molecule has 0 saturated heterocycles. The third-order valence-corrected chi connectivity index (χ3v) is 11.9. The van der Waals surface area contributed by atoms with Crippen molar-refractivity contribution in [2.45, 2.75) is 213 Å². The van der Waals surface area contributed by atoms with E-state index in [1.54, 1.807) is 0 Å². The van der Waals surface area contributed by atoms with Crippen molar-refractivity contribution in [2.24, 2.45) is 0 Å². The number of phosphoric acid groups is 1. The van der Waals surface area contributed by atoms with Crippen LogP contribution in [-0.2, 0) is 27.9 Å². The minimum atomic E-state index is -4.29. The molecule has 2 atom stereocenters. The van der Waals surface area contributed by atoms with Crippen LogP contribution in [0.25, 0.3) is 0 Å². The van der Waals surface area contributed by atoms with Gasteiger partial charge in [0.25, 0.3) is 0 Å². The first kappa shape index (κ1) is 62.7. The molecule has 0 aromatic rings. The maximum atomic E-state index is 12.8. The lowest BCUT2D eigenvalue weighted by Gasteiger charge is -2.24. The molecule has 0 aliphatic rings. The molecule has 2 unspecified atom stereocenters. The monoisotopic (exact) mass is 931 g/mol. The third-order valence-electron chi connectivity index (χ3n) is 10.9. The molecule has 0 fully saturated rings. The van der Waals surface area contributed by atoms with Crippen LogP contribution in [0, 0.1) is 0 Å². The molecule has 9 heteroatoms. The number of quaternary nitrogens is 1. The second kappa shape index (κ2) is 48.1. The van der Waals surface area contributed by atoms with Gasteiger partial charge in [0.2, 0.25) is 0 Å². The van der Waals surface area contributed by atoms with Crippen molar-refractivity contribution in [1.82, 2.24) is 0 Å². The summed E-state index contributed by atoms with van der Waals surface area (Å²) in [6.45, 7) is 5.46. The maximum Gasteiger partial charge on any atom is 0.472 e. The Morgan fingerprint density at radius 1 is 0.492 bits per heavy atom. The van der Waals surface area contributed by atoms with E-state index in [1.807, 2.05) is 21.1 Å². The fourth-order valence-corrected chi connectivity index (χ4v) is 7.65. The molecule has 0 aromatic carbocycles.